The van der Waals surface area contributed by atoms with Gasteiger partial charge in [0.2, 0.25) is 0 Å². The molecule has 0 aromatic carbocycles. The van der Waals surface area contributed by atoms with Gasteiger partial charge in [-0.3, -0.25) is 9.59 Å². The van der Waals surface area contributed by atoms with E-state index in [0.717, 1.165) is 12.8 Å². The Balaban J connectivity index is 2.00. The van der Waals surface area contributed by atoms with Crippen molar-refractivity contribution in [3.63, 3.8) is 0 Å². The number of Topliss-reactive ketones (excluding diaryl/α,β-unsaturated/α-hetero) is 1. The first-order valence-corrected chi connectivity index (χ1v) is 4.82. The molecule has 0 aliphatic heterocycles. The van der Waals surface area contributed by atoms with Crippen LogP contribution in [0.5, 0.6) is 0 Å². The molecule has 0 aromatic heterocycles. The highest BCUT2D eigenvalue weighted by atomic mass is 16.5. The summed E-state index contributed by atoms with van der Waals surface area (Å²) >= 11 is 0. The van der Waals surface area contributed by atoms with Crippen molar-refractivity contribution in [1.82, 2.24) is 0 Å². The largest absolute Gasteiger partial charge is 0.469 e. The zero-order valence-electron chi connectivity index (χ0n) is 7.58. The summed E-state index contributed by atoms with van der Waals surface area (Å²) in [5, 5.41) is 0. The van der Waals surface area contributed by atoms with Gasteiger partial charge in [0.05, 0.1) is 12.5 Å². The van der Waals surface area contributed by atoms with Crippen molar-refractivity contribution in [3.8, 4) is 0 Å². The topological polar surface area (TPSA) is 43.4 Å². The molecule has 3 heteroatoms. The summed E-state index contributed by atoms with van der Waals surface area (Å²) < 4.78 is 4.81. The summed E-state index contributed by atoms with van der Waals surface area (Å²) in [6.45, 7) is 0. The standard InChI is InChI=1S/C10H12O3/c1-13-9(12)10-3-2-5-7(8(5)10)6(11)4-10/h5,7-8H,2-4H2,1H3/t5-,7-,8-,10-/m0/s1. The van der Waals surface area contributed by atoms with Crippen molar-refractivity contribution in [2.24, 2.45) is 23.2 Å². The van der Waals surface area contributed by atoms with Gasteiger partial charge in [0.25, 0.3) is 0 Å². The number of fused-ring (bicyclic) bond motifs is 1. The van der Waals surface area contributed by atoms with E-state index >= 15 is 0 Å². The third-order valence-electron chi connectivity index (χ3n) is 4.18. The maximum absolute atomic E-state index is 11.6. The minimum Gasteiger partial charge on any atom is -0.469 e. The van der Waals surface area contributed by atoms with Crippen molar-refractivity contribution >= 4 is 11.8 Å². The van der Waals surface area contributed by atoms with Crippen LogP contribution in [0.15, 0.2) is 0 Å². The van der Waals surface area contributed by atoms with Gasteiger partial charge in [-0.25, -0.2) is 0 Å². The molecule has 0 N–H and O–H groups in total. The summed E-state index contributed by atoms with van der Waals surface area (Å²) in [6.07, 6.45) is 2.37. The van der Waals surface area contributed by atoms with Gasteiger partial charge >= 0.3 is 5.97 Å². The summed E-state index contributed by atoms with van der Waals surface area (Å²) in [6, 6.07) is 0. The Morgan fingerprint density at radius 1 is 1.62 bits per heavy atom. The Morgan fingerprint density at radius 2 is 2.38 bits per heavy atom. The van der Waals surface area contributed by atoms with Gasteiger partial charge in [-0.1, -0.05) is 0 Å². The van der Waals surface area contributed by atoms with Crippen molar-refractivity contribution in [1.29, 1.82) is 0 Å². The first-order chi connectivity index (χ1) is 6.20. The van der Waals surface area contributed by atoms with Crippen LogP contribution in [-0.4, -0.2) is 18.9 Å². The van der Waals surface area contributed by atoms with Crippen LogP contribution in [0.3, 0.4) is 0 Å². The first kappa shape index (κ1) is 7.54. The molecule has 0 saturated heterocycles. The fourth-order valence-corrected chi connectivity index (χ4v) is 3.67. The number of rotatable bonds is 1. The van der Waals surface area contributed by atoms with Gasteiger partial charge in [0.1, 0.15) is 5.78 Å². The van der Waals surface area contributed by atoms with Gasteiger partial charge in [-0.15, -0.1) is 0 Å². The SMILES string of the molecule is COC(=O)[C@@]12CC[C@H]3[C@@H](C(=O)C1)[C@H]32. The number of carbonyl (C=O) groups excluding carboxylic acids is 2. The molecule has 0 aromatic rings. The Morgan fingerprint density at radius 3 is 3.00 bits per heavy atom. The van der Waals surface area contributed by atoms with Crippen LogP contribution in [0.4, 0.5) is 0 Å². The summed E-state index contributed by atoms with van der Waals surface area (Å²) in [5.41, 5.74) is -0.388. The molecule has 3 nitrogen and oxygen atoms in total. The van der Waals surface area contributed by atoms with E-state index in [9.17, 15) is 9.59 Å². The van der Waals surface area contributed by atoms with Crippen LogP contribution in [0.2, 0.25) is 0 Å². The maximum atomic E-state index is 11.6. The van der Waals surface area contributed by atoms with Crippen molar-refractivity contribution < 1.29 is 14.3 Å². The molecule has 0 bridgehead atoms. The molecular weight excluding hydrogens is 168 g/mol. The van der Waals surface area contributed by atoms with Crippen molar-refractivity contribution in [3.05, 3.63) is 0 Å². The average Bonchev–Trinajstić information content (AvgIpc) is 2.69. The second-order valence-electron chi connectivity index (χ2n) is 4.54. The van der Waals surface area contributed by atoms with Gasteiger partial charge in [0, 0.05) is 12.3 Å². The number of hydrogen-bond acceptors (Lipinski definition) is 3. The van der Waals surface area contributed by atoms with Crippen LogP contribution in [0, 0.1) is 23.2 Å². The monoisotopic (exact) mass is 180 g/mol. The molecule has 0 radical (unpaired) electrons. The summed E-state index contributed by atoms with van der Waals surface area (Å²) in [7, 11) is 1.42. The van der Waals surface area contributed by atoms with E-state index in [1.165, 1.54) is 7.11 Å². The van der Waals surface area contributed by atoms with E-state index in [2.05, 4.69) is 0 Å². The third-order valence-corrected chi connectivity index (χ3v) is 4.18. The Bertz CT molecular complexity index is 309. The molecule has 3 fully saturated rings. The smallest absolute Gasteiger partial charge is 0.312 e. The first-order valence-electron chi connectivity index (χ1n) is 4.82. The fourth-order valence-electron chi connectivity index (χ4n) is 3.67. The van der Waals surface area contributed by atoms with Crippen LogP contribution < -0.4 is 0 Å². The van der Waals surface area contributed by atoms with Gasteiger partial charge in [0.15, 0.2) is 0 Å². The van der Waals surface area contributed by atoms with Crippen LogP contribution in [-0.2, 0) is 14.3 Å². The van der Waals surface area contributed by atoms with E-state index < -0.39 is 0 Å². The zero-order valence-corrected chi connectivity index (χ0v) is 7.58. The second-order valence-corrected chi connectivity index (χ2v) is 4.54. The minimum atomic E-state index is -0.388. The number of methoxy groups -OCH3 is 1. The Kier molecular flexibility index (Phi) is 1.14. The van der Waals surface area contributed by atoms with E-state index in [4.69, 9.17) is 4.74 Å². The van der Waals surface area contributed by atoms with Gasteiger partial charge in [-0.2, -0.15) is 0 Å². The van der Waals surface area contributed by atoms with E-state index in [-0.39, 0.29) is 17.3 Å². The van der Waals surface area contributed by atoms with E-state index in [1.54, 1.807) is 0 Å². The number of esters is 1. The third kappa shape index (κ3) is 0.640. The average molecular weight is 180 g/mol. The summed E-state index contributed by atoms with van der Waals surface area (Å²) in [4.78, 5) is 23.1. The molecule has 3 saturated carbocycles. The molecule has 70 valence electrons. The number of carbonyl (C=O) groups is 2. The second kappa shape index (κ2) is 1.97. The van der Waals surface area contributed by atoms with Crippen molar-refractivity contribution in [2.75, 3.05) is 7.11 Å². The highest BCUT2D eigenvalue weighted by Gasteiger charge is 2.76. The molecule has 3 rings (SSSR count). The Labute approximate surface area is 76.4 Å². The predicted molar refractivity (Wildman–Crippen MR) is 43.8 cm³/mol. The van der Waals surface area contributed by atoms with Crippen molar-refractivity contribution in [2.45, 2.75) is 19.3 Å². The molecular formula is C10H12O3. The predicted octanol–water partition coefficient (Wildman–Crippen LogP) is 0.775. The lowest BCUT2D eigenvalue weighted by Crippen LogP contribution is -2.31. The lowest BCUT2D eigenvalue weighted by Gasteiger charge is -2.22. The molecule has 3 aliphatic carbocycles. The molecule has 0 spiro atoms. The Hall–Kier alpha value is -0.860. The number of hydrogen-bond donors (Lipinski definition) is 0. The lowest BCUT2D eigenvalue weighted by molar-refractivity contribution is -0.154. The quantitative estimate of drug-likeness (QED) is 0.560. The minimum absolute atomic E-state index is 0.145. The van der Waals surface area contributed by atoms with Crippen LogP contribution >= 0.6 is 0 Å². The molecule has 4 atom stereocenters. The van der Waals surface area contributed by atoms with E-state index in [1.807, 2.05) is 0 Å². The molecule has 0 unspecified atom stereocenters. The van der Waals surface area contributed by atoms with Crippen LogP contribution in [0.25, 0.3) is 0 Å². The zero-order chi connectivity index (χ0) is 9.22. The number of ketones is 1. The lowest BCUT2D eigenvalue weighted by atomic mass is 9.83. The number of ether oxygens (including phenoxy) is 1. The summed E-state index contributed by atoms with van der Waals surface area (Å²) in [5.74, 6) is 1.27. The molecule has 13 heavy (non-hydrogen) atoms. The van der Waals surface area contributed by atoms with Gasteiger partial charge < -0.3 is 4.74 Å². The molecule has 0 amide bonds. The highest BCUT2D eigenvalue weighted by molar-refractivity contribution is 5.97. The molecule has 3 aliphatic rings. The normalized spacial score (nSPS) is 50.5. The molecule has 0 heterocycles. The highest BCUT2D eigenvalue weighted by Crippen LogP contribution is 2.73. The maximum Gasteiger partial charge on any atom is 0.312 e. The fraction of sp³-hybridized carbons (Fsp3) is 0.800. The van der Waals surface area contributed by atoms with Crippen LogP contribution in [0.1, 0.15) is 19.3 Å². The van der Waals surface area contributed by atoms with Gasteiger partial charge in [-0.05, 0) is 24.7 Å². The van der Waals surface area contributed by atoms with E-state index in [0.29, 0.717) is 24.0 Å².